The molecule has 0 spiro atoms. The van der Waals surface area contributed by atoms with E-state index in [0.29, 0.717) is 0 Å². The van der Waals surface area contributed by atoms with Crippen LogP contribution in [0.1, 0.15) is 16.7 Å². The molecule has 3 rings (SSSR count). The third-order valence-electron chi connectivity index (χ3n) is 4.29. The summed E-state index contributed by atoms with van der Waals surface area (Å²) in [4.78, 5) is 14.1. The first-order valence-corrected chi connectivity index (χ1v) is 9.32. The summed E-state index contributed by atoms with van der Waals surface area (Å²) in [5, 5.41) is 7.65. The fourth-order valence-corrected chi connectivity index (χ4v) is 3.63. The molecule has 4 N–H and O–H groups in total. The zero-order valence-electron chi connectivity index (χ0n) is 15.2. The summed E-state index contributed by atoms with van der Waals surface area (Å²) >= 11 is 1.41. The highest BCUT2D eigenvalue weighted by molar-refractivity contribution is 8.03. The number of nitrogens with zero attached hydrogens (tertiary/aromatic N) is 1. The molecule has 1 aliphatic heterocycles. The number of carbonyl (C=O) groups is 1. The number of thioether (sulfide) groups is 1. The zero-order valence-corrected chi connectivity index (χ0v) is 16.0. The number of aryl methyl sites for hydroxylation is 2. The van der Waals surface area contributed by atoms with E-state index in [9.17, 15) is 18.0 Å². The maximum atomic E-state index is 12.8. The van der Waals surface area contributed by atoms with Crippen molar-refractivity contribution in [1.82, 2.24) is 4.90 Å². The number of nitrogens with two attached hydrogens (primary N) is 1. The molecule has 0 fully saturated rings. The summed E-state index contributed by atoms with van der Waals surface area (Å²) in [6.45, 7) is 3.94. The number of rotatable bonds is 3. The van der Waals surface area contributed by atoms with Crippen LogP contribution in [0, 0.1) is 13.8 Å². The highest BCUT2D eigenvalue weighted by atomic mass is 32.2. The van der Waals surface area contributed by atoms with E-state index in [1.54, 1.807) is 11.6 Å². The van der Waals surface area contributed by atoms with Crippen LogP contribution in [0.4, 0.5) is 35.0 Å². The first-order valence-electron chi connectivity index (χ1n) is 8.38. The lowest BCUT2D eigenvalue weighted by Gasteiger charge is -2.26. The van der Waals surface area contributed by atoms with Crippen LogP contribution in [0.25, 0.3) is 0 Å². The van der Waals surface area contributed by atoms with Gasteiger partial charge < -0.3 is 16.4 Å². The monoisotopic (exact) mass is 408 g/mol. The van der Waals surface area contributed by atoms with E-state index in [-0.39, 0.29) is 11.4 Å². The Labute approximate surface area is 164 Å². The van der Waals surface area contributed by atoms with Gasteiger partial charge >= 0.3 is 12.2 Å². The minimum absolute atomic E-state index is 0.120. The fourth-order valence-electron chi connectivity index (χ4n) is 2.79. The number of nitrogens with one attached hydrogen (secondary N) is 2. The van der Waals surface area contributed by atoms with E-state index >= 15 is 0 Å². The molecule has 2 aromatic rings. The predicted molar refractivity (Wildman–Crippen MR) is 107 cm³/mol. The molecule has 0 bridgehead atoms. The lowest BCUT2D eigenvalue weighted by Crippen LogP contribution is -2.39. The average molecular weight is 408 g/mol. The molecule has 1 unspecified atom stereocenters. The third kappa shape index (κ3) is 4.19. The maximum absolute atomic E-state index is 12.8. The summed E-state index contributed by atoms with van der Waals surface area (Å²) < 4.78 is 38.3. The van der Waals surface area contributed by atoms with Crippen molar-refractivity contribution in [2.75, 3.05) is 16.4 Å². The quantitative estimate of drug-likeness (QED) is 0.599. The number of urea groups is 1. The zero-order chi connectivity index (χ0) is 20.5. The van der Waals surface area contributed by atoms with Gasteiger partial charge in [0.05, 0.1) is 16.9 Å². The van der Waals surface area contributed by atoms with Crippen LogP contribution in [0.3, 0.4) is 0 Å². The van der Waals surface area contributed by atoms with Crippen molar-refractivity contribution in [1.29, 1.82) is 0 Å². The summed E-state index contributed by atoms with van der Waals surface area (Å²) in [6, 6.07) is 8.22. The molecule has 0 radical (unpaired) electrons. The van der Waals surface area contributed by atoms with Crippen molar-refractivity contribution in [3.8, 4) is 0 Å². The number of carbonyl (C=O) groups excluding carboxylic acids is 1. The van der Waals surface area contributed by atoms with Crippen molar-refractivity contribution in [2.24, 2.45) is 0 Å². The largest absolute Gasteiger partial charge is 0.416 e. The maximum Gasteiger partial charge on any atom is 0.416 e. The Hall–Kier alpha value is -2.81. The van der Waals surface area contributed by atoms with Crippen molar-refractivity contribution in [3.05, 3.63) is 64.7 Å². The Morgan fingerprint density at radius 3 is 2.46 bits per heavy atom. The SMILES string of the molecule is Cc1cccc(C)c1NC1SC=CN1C(=O)Nc1ccc(C(F)(F)F)cc1N. The van der Waals surface area contributed by atoms with Crippen LogP contribution in [-0.4, -0.2) is 16.4 Å². The Bertz CT molecular complexity index is 910. The number of halogens is 3. The molecule has 28 heavy (non-hydrogen) atoms. The van der Waals surface area contributed by atoms with Gasteiger partial charge in [0, 0.05) is 11.9 Å². The molecule has 1 heterocycles. The van der Waals surface area contributed by atoms with E-state index in [1.807, 2.05) is 32.0 Å². The van der Waals surface area contributed by atoms with Crippen molar-refractivity contribution < 1.29 is 18.0 Å². The second-order valence-electron chi connectivity index (χ2n) is 6.32. The highest BCUT2D eigenvalue weighted by Crippen LogP contribution is 2.34. The van der Waals surface area contributed by atoms with Gasteiger partial charge in [-0.2, -0.15) is 13.2 Å². The smallest absolute Gasteiger partial charge is 0.397 e. The van der Waals surface area contributed by atoms with Gasteiger partial charge in [-0.3, -0.25) is 4.90 Å². The number of para-hydroxylation sites is 1. The van der Waals surface area contributed by atoms with Crippen LogP contribution in [0.2, 0.25) is 0 Å². The Balaban J connectivity index is 1.74. The minimum atomic E-state index is -4.49. The van der Waals surface area contributed by atoms with Crippen LogP contribution in [0.5, 0.6) is 0 Å². The number of hydrogen-bond acceptors (Lipinski definition) is 4. The standard InChI is InChI=1S/C19H19F3N4OS/c1-11-4-3-5-12(2)16(11)25-18-26(8-9-28-18)17(27)24-15-7-6-13(10-14(15)23)19(20,21)22/h3-10,18,25H,23H2,1-2H3,(H,24,27). The number of anilines is 3. The van der Waals surface area contributed by atoms with Gasteiger partial charge in [0.25, 0.3) is 0 Å². The van der Waals surface area contributed by atoms with E-state index in [0.717, 1.165) is 35.0 Å². The number of alkyl halides is 3. The molecule has 1 aliphatic rings. The van der Waals surface area contributed by atoms with E-state index in [2.05, 4.69) is 10.6 Å². The molecule has 0 saturated carbocycles. The Kier molecular flexibility index (Phi) is 5.46. The Morgan fingerprint density at radius 2 is 1.86 bits per heavy atom. The first kappa shape index (κ1) is 19.9. The number of amides is 2. The molecule has 2 aromatic carbocycles. The predicted octanol–water partition coefficient (Wildman–Crippen LogP) is 5.35. The van der Waals surface area contributed by atoms with Crippen molar-refractivity contribution >= 4 is 34.9 Å². The normalized spacial score (nSPS) is 16.3. The number of benzene rings is 2. The van der Waals surface area contributed by atoms with Crippen LogP contribution in [0.15, 0.2) is 48.0 Å². The lowest BCUT2D eigenvalue weighted by atomic mass is 10.1. The van der Waals surface area contributed by atoms with Gasteiger partial charge in [-0.25, -0.2) is 4.79 Å². The van der Waals surface area contributed by atoms with Crippen LogP contribution >= 0.6 is 11.8 Å². The van der Waals surface area contributed by atoms with Gasteiger partial charge in [-0.1, -0.05) is 30.0 Å². The van der Waals surface area contributed by atoms with E-state index < -0.39 is 23.3 Å². The molecular formula is C19H19F3N4OS. The summed E-state index contributed by atoms with van der Waals surface area (Å²) in [7, 11) is 0. The van der Waals surface area contributed by atoms with Gasteiger partial charge in [-0.05, 0) is 48.6 Å². The summed E-state index contributed by atoms with van der Waals surface area (Å²) in [5.41, 5.74) is 7.41. The number of nitrogen functional groups attached to an aromatic ring is 1. The number of hydrogen-bond donors (Lipinski definition) is 3. The third-order valence-corrected chi connectivity index (χ3v) is 5.17. The second-order valence-corrected chi connectivity index (χ2v) is 7.31. The summed E-state index contributed by atoms with van der Waals surface area (Å²) in [5.74, 6) is 0. The molecule has 2 amide bonds. The van der Waals surface area contributed by atoms with Gasteiger partial charge in [0.1, 0.15) is 0 Å². The van der Waals surface area contributed by atoms with Crippen LogP contribution in [-0.2, 0) is 6.18 Å². The fraction of sp³-hybridized carbons (Fsp3) is 0.211. The van der Waals surface area contributed by atoms with E-state index in [4.69, 9.17) is 5.73 Å². The molecule has 9 heteroatoms. The van der Waals surface area contributed by atoms with Crippen LogP contribution < -0.4 is 16.4 Å². The summed E-state index contributed by atoms with van der Waals surface area (Å²) in [6.07, 6.45) is -2.89. The molecule has 0 aliphatic carbocycles. The molecule has 1 atom stereocenters. The topological polar surface area (TPSA) is 70.4 Å². The molecular weight excluding hydrogens is 389 g/mol. The highest BCUT2D eigenvalue weighted by Gasteiger charge is 2.31. The molecule has 0 saturated heterocycles. The first-order chi connectivity index (χ1) is 13.2. The lowest BCUT2D eigenvalue weighted by molar-refractivity contribution is -0.137. The van der Waals surface area contributed by atoms with E-state index in [1.165, 1.54) is 16.7 Å². The van der Waals surface area contributed by atoms with Crippen molar-refractivity contribution in [2.45, 2.75) is 25.5 Å². The van der Waals surface area contributed by atoms with Gasteiger partial charge in [0.15, 0.2) is 5.50 Å². The van der Waals surface area contributed by atoms with Gasteiger partial charge in [-0.15, -0.1) is 0 Å². The minimum Gasteiger partial charge on any atom is -0.397 e. The Morgan fingerprint density at radius 1 is 1.18 bits per heavy atom. The van der Waals surface area contributed by atoms with Gasteiger partial charge in [0.2, 0.25) is 0 Å². The average Bonchev–Trinajstić information content (AvgIpc) is 3.07. The second kappa shape index (κ2) is 7.67. The molecule has 148 valence electrons. The van der Waals surface area contributed by atoms with Crippen molar-refractivity contribution in [3.63, 3.8) is 0 Å². The molecule has 5 nitrogen and oxygen atoms in total. The molecule has 0 aromatic heterocycles.